The normalized spacial score (nSPS) is 11.3. The molecule has 0 atom stereocenters. The molecule has 0 aliphatic heterocycles. The molecule has 0 aliphatic rings. The van der Waals surface area contributed by atoms with E-state index in [2.05, 4.69) is 20.7 Å². The lowest BCUT2D eigenvalue weighted by Gasteiger charge is -2.16. The monoisotopic (exact) mass is 541 g/mol. The van der Waals surface area contributed by atoms with Gasteiger partial charge in [0.1, 0.15) is 12.4 Å². The summed E-state index contributed by atoms with van der Waals surface area (Å²) in [6, 6.07) is 14.3. The highest BCUT2D eigenvalue weighted by Gasteiger charge is 2.36. The molecule has 0 saturated heterocycles. The van der Waals surface area contributed by atoms with Crippen molar-refractivity contribution in [2.45, 2.75) is 12.7 Å². The number of carbonyl (C=O) groups excluding carboxylic acids is 2. The van der Waals surface area contributed by atoms with Crippen LogP contribution in [0.1, 0.15) is 21.6 Å². The number of alkyl halides is 3. The predicted octanol–water partition coefficient (Wildman–Crippen LogP) is 4.82. The largest absolute Gasteiger partial charge is 0.417 e. The van der Waals surface area contributed by atoms with Gasteiger partial charge in [-0.05, 0) is 30.3 Å². The fourth-order valence-corrected chi connectivity index (χ4v) is 3.83. The Bertz CT molecular complexity index is 1500. The molecular weight excluding hydrogens is 518 g/mol. The number of ether oxygens (including phenoxy) is 1. The van der Waals surface area contributed by atoms with Crippen LogP contribution in [0.25, 0.3) is 22.5 Å². The Kier molecular flexibility index (Phi) is 8.05. The fourth-order valence-electron chi connectivity index (χ4n) is 3.83. The summed E-state index contributed by atoms with van der Waals surface area (Å²) in [5.41, 5.74) is -0.755. The van der Waals surface area contributed by atoms with Crippen molar-refractivity contribution >= 4 is 17.5 Å². The summed E-state index contributed by atoms with van der Waals surface area (Å²) in [6.07, 6.45) is -3.43. The standard InChI is InChI=1S/C27H23F4N5O3/c1-36-11-10-22(35-36)18-12-19(21(28)13-20(18)27(29,30)31)26(38)34-23-9-8-17(14-32-24(37)15-39-2)33-25(23)16-6-4-3-5-7-16/h3-13H,14-15H2,1-2H3,(H,32,37)(H,34,38). The zero-order valence-electron chi connectivity index (χ0n) is 20.8. The van der Waals surface area contributed by atoms with Gasteiger partial charge < -0.3 is 15.4 Å². The van der Waals surface area contributed by atoms with Gasteiger partial charge in [-0.15, -0.1) is 0 Å². The molecule has 4 rings (SSSR count). The number of nitrogens with zero attached hydrogens (tertiary/aromatic N) is 3. The number of benzene rings is 2. The summed E-state index contributed by atoms with van der Waals surface area (Å²) in [5, 5.41) is 9.20. The third-order valence-corrected chi connectivity index (χ3v) is 5.64. The Balaban J connectivity index is 1.71. The first-order chi connectivity index (χ1) is 18.6. The number of halogens is 4. The van der Waals surface area contributed by atoms with Gasteiger partial charge in [-0.25, -0.2) is 9.37 Å². The number of aromatic nitrogens is 3. The number of rotatable bonds is 8. The molecule has 0 radical (unpaired) electrons. The van der Waals surface area contributed by atoms with Crippen molar-refractivity contribution in [3.05, 3.63) is 89.5 Å². The number of amides is 2. The summed E-state index contributed by atoms with van der Waals surface area (Å²) in [7, 11) is 2.92. The molecule has 0 unspecified atom stereocenters. The average Bonchev–Trinajstić information content (AvgIpc) is 3.34. The number of aryl methyl sites for hydroxylation is 1. The van der Waals surface area contributed by atoms with Crippen molar-refractivity contribution in [1.82, 2.24) is 20.1 Å². The van der Waals surface area contributed by atoms with Gasteiger partial charge in [0.05, 0.1) is 40.4 Å². The average molecular weight is 542 g/mol. The summed E-state index contributed by atoms with van der Waals surface area (Å²) in [6.45, 7) is -0.0455. The van der Waals surface area contributed by atoms with Crippen molar-refractivity contribution in [3.8, 4) is 22.5 Å². The molecule has 8 nitrogen and oxygen atoms in total. The molecule has 0 spiro atoms. The summed E-state index contributed by atoms with van der Waals surface area (Å²) in [4.78, 5) is 29.5. The van der Waals surface area contributed by atoms with E-state index in [0.29, 0.717) is 23.0 Å². The molecule has 2 N–H and O–H groups in total. The number of hydrogen-bond acceptors (Lipinski definition) is 5. The van der Waals surface area contributed by atoms with Crippen LogP contribution in [0.15, 0.2) is 66.9 Å². The molecule has 39 heavy (non-hydrogen) atoms. The van der Waals surface area contributed by atoms with Gasteiger partial charge in [-0.3, -0.25) is 14.3 Å². The third kappa shape index (κ3) is 6.47. The SMILES string of the molecule is COCC(=O)NCc1ccc(NC(=O)c2cc(-c3ccn(C)n3)c(C(F)(F)F)cc2F)c(-c2ccccc2)n1. The molecule has 0 fully saturated rings. The van der Waals surface area contributed by atoms with Crippen molar-refractivity contribution in [2.75, 3.05) is 19.0 Å². The lowest BCUT2D eigenvalue weighted by molar-refractivity contribution is -0.137. The molecule has 2 aromatic heterocycles. The second kappa shape index (κ2) is 11.4. The van der Waals surface area contributed by atoms with Gasteiger partial charge in [-0.2, -0.15) is 18.3 Å². The Labute approximate surface area is 220 Å². The van der Waals surface area contributed by atoms with E-state index in [1.165, 1.54) is 37.2 Å². The molecular formula is C27H23F4N5O3. The first-order valence-corrected chi connectivity index (χ1v) is 11.6. The molecule has 4 aromatic rings. The quantitative estimate of drug-likeness (QED) is 0.312. The maximum absolute atomic E-state index is 14.9. The van der Waals surface area contributed by atoms with E-state index in [4.69, 9.17) is 4.74 Å². The highest BCUT2D eigenvalue weighted by molar-refractivity contribution is 6.07. The van der Waals surface area contributed by atoms with Crippen LogP contribution in [-0.4, -0.2) is 40.3 Å². The molecule has 2 heterocycles. The number of anilines is 1. The van der Waals surface area contributed by atoms with Crippen molar-refractivity contribution in [2.24, 2.45) is 7.05 Å². The van der Waals surface area contributed by atoms with E-state index < -0.39 is 34.6 Å². The second-order valence-electron chi connectivity index (χ2n) is 8.48. The van der Waals surface area contributed by atoms with Crippen molar-refractivity contribution in [1.29, 1.82) is 0 Å². The van der Waals surface area contributed by atoms with Crippen LogP contribution < -0.4 is 10.6 Å². The molecule has 12 heteroatoms. The zero-order chi connectivity index (χ0) is 28.2. The summed E-state index contributed by atoms with van der Waals surface area (Å²) < 4.78 is 62.1. The topological polar surface area (TPSA) is 98.1 Å². The Hall–Kier alpha value is -4.58. The minimum absolute atomic E-state index is 0.0645. The van der Waals surface area contributed by atoms with Gasteiger partial charge in [0.15, 0.2) is 0 Å². The molecule has 0 saturated carbocycles. The second-order valence-corrected chi connectivity index (χ2v) is 8.48. The van der Waals surface area contributed by atoms with Crippen LogP contribution >= 0.6 is 0 Å². The van der Waals surface area contributed by atoms with Crippen LogP contribution in [0.3, 0.4) is 0 Å². The number of pyridine rings is 1. The van der Waals surface area contributed by atoms with Crippen LogP contribution in [0.5, 0.6) is 0 Å². The van der Waals surface area contributed by atoms with Gasteiger partial charge >= 0.3 is 6.18 Å². The number of carbonyl (C=O) groups is 2. The minimum atomic E-state index is -4.87. The first kappa shape index (κ1) is 27.5. The lowest BCUT2D eigenvalue weighted by atomic mass is 9.99. The first-order valence-electron chi connectivity index (χ1n) is 11.6. The van der Waals surface area contributed by atoms with Crippen molar-refractivity contribution < 1.29 is 31.9 Å². The van der Waals surface area contributed by atoms with E-state index in [0.717, 1.165) is 6.07 Å². The van der Waals surface area contributed by atoms with Crippen LogP contribution in [0.2, 0.25) is 0 Å². The van der Waals surface area contributed by atoms with E-state index in [1.807, 2.05) is 0 Å². The van der Waals surface area contributed by atoms with E-state index >= 15 is 0 Å². The van der Waals surface area contributed by atoms with E-state index in [9.17, 15) is 27.2 Å². The number of nitrogens with one attached hydrogen (secondary N) is 2. The molecule has 2 aromatic carbocycles. The maximum Gasteiger partial charge on any atom is 0.417 e. The van der Waals surface area contributed by atoms with Gasteiger partial charge in [0.2, 0.25) is 5.91 Å². The van der Waals surface area contributed by atoms with Crippen LogP contribution in [0, 0.1) is 5.82 Å². The van der Waals surface area contributed by atoms with Crippen LogP contribution in [0.4, 0.5) is 23.2 Å². The van der Waals surface area contributed by atoms with E-state index in [-0.39, 0.29) is 30.4 Å². The Morgan fingerprint density at radius 3 is 2.44 bits per heavy atom. The molecule has 2 amide bonds. The Morgan fingerprint density at radius 1 is 1.05 bits per heavy atom. The maximum atomic E-state index is 14.9. The predicted molar refractivity (Wildman–Crippen MR) is 135 cm³/mol. The van der Waals surface area contributed by atoms with Crippen LogP contribution in [-0.2, 0) is 29.3 Å². The zero-order valence-corrected chi connectivity index (χ0v) is 20.8. The lowest BCUT2D eigenvalue weighted by Crippen LogP contribution is -2.27. The Morgan fingerprint density at radius 2 is 1.79 bits per heavy atom. The van der Waals surface area contributed by atoms with Gasteiger partial charge in [0.25, 0.3) is 5.91 Å². The summed E-state index contributed by atoms with van der Waals surface area (Å²) in [5.74, 6) is -2.66. The molecule has 0 aliphatic carbocycles. The van der Waals surface area contributed by atoms with E-state index in [1.54, 1.807) is 36.4 Å². The fraction of sp³-hybridized carbons (Fsp3) is 0.185. The van der Waals surface area contributed by atoms with Gasteiger partial charge in [-0.1, -0.05) is 30.3 Å². The highest BCUT2D eigenvalue weighted by Crippen LogP contribution is 2.38. The number of hydrogen-bond donors (Lipinski definition) is 2. The number of methoxy groups -OCH3 is 1. The van der Waals surface area contributed by atoms with Crippen molar-refractivity contribution in [3.63, 3.8) is 0 Å². The minimum Gasteiger partial charge on any atom is -0.375 e. The van der Waals surface area contributed by atoms with Gasteiger partial charge in [0, 0.05) is 31.5 Å². The highest BCUT2D eigenvalue weighted by atomic mass is 19.4. The third-order valence-electron chi connectivity index (χ3n) is 5.64. The summed E-state index contributed by atoms with van der Waals surface area (Å²) >= 11 is 0. The molecule has 202 valence electrons. The molecule has 0 bridgehead atoms. The smallest absolute Gasteiger partial charge is 0.375 e.